The highest BCUT2D eigenvalue weighted by Gasteiger charge is 2.20. The molecule has 6 nitrogen and oxygen atoms in total. The lowest BCUT2D eigenvalue weighted by Gasteiger charge is -2.00. The summed E-state index contributed by atoms with van der Waals surface area (Å²) in [5, 5.41) is 14.8. The molecule has 4 aromatic rings. The van der Waals surface area contributed by atoms with Gasteiger partial charge >= 0.3 is 0 Å². The van der Waals surface area contributed by atoms with Crippen LogP contribution in [0.3, 0.4) is 0 Å². The van der Waals surface area contributed by atoms with E-state index in [4.69, 9.17) is 4.42 Å². The molecule has 2 aromatic carbocycles. The van der Waals surface area contributed by atoms with E-state index in [-0.39, 0.29) is 11.5 Å². The van der Waals surface area contributed by atoms with Crippen molar-refractivity contribution in [2.75, 3.05) is 0 Å². The van der Waals surface area contributed by atoms with Gasteiger partial charge in [-0.05, 0) is 62.1 Å². The number of benzene rings is 2. The summed E-state index contributed by atoms with van der Waals surface area (Å²) in [5.74, 6) is -0.00994. The number of rotatable bonds is 4. The molecule has 1 saturated carbocycles. The van der Waals surface area contributed by atoms with Crippen LogP contribution in [0.4, 0.5) is 0 Å². The lowest BCUT2D eigenvalue weighted by molar-refractivity contribution is 0.101. The number of furan rings is 1. The third-order valence-corrected chi connectivity index (χ3v) is 6.81. The van der Waals surface area contributed by atoms with E-state index in [1.54, 1.807) is 10.7 Å². The molecule has 5 rings (SSSR count). The van der Waals surface area contributed by atoms with Gasteiger partial charge in [-0.1, -0.05) is 58.3 Å². The van der Waals surface area contributed by atoms with Crippen LogP contribution in [0.5, 0.6) is 0 Å². The Hall–Kier alpha value is -2.84. The van der Waals surface area contributed by atoms with E-state index in [9.17, 15) is 4.79 Å². The first-order valence-corrected chi connectivity index (χ1v) is 12.3. The van der Waals surface area contributed by atoms with Gasteiger partial charge in [-0.3, -0.25) is 4.79 Å². The molecule has 8 heteroatoms. The monoisotopic (exact) mass is 508 g/mol. The van der Waals surface area contributed by atoms with Gasteiger partial charge in [0, 0.05) is 15.6 Å². The van der Waals surface area contributed by atoms with Crippen molar-refractivity contribution in [1.29, 1.82) is 0 Å². The number of nitrogens with zero attached hydrogens (tertiary/aromatic N) is 4. The normalized spacial score (nSPS) is 15.2. The summed E-state index contributed by atoms with van der Waals surface area (Å²) in [5.41, 5.74) is 2.61. The number of halogens is 1. The Bertz CT molecular complexity index is 1360. The maximum Gasteiger partial charge on any atom is 0.258 e. The molecule has 0 radical (unpaired) electrons. The number of carbonyl (C=O) groups is 1. The number of para-hydroxylation sites is 1. The molecule has 0 bridgehead atoms. The molecule has 0 unspecified atom stereocenters. The highest BCUT2D eigenvalue weighted by Crippen LogP contribution is 2.25. The van der Waals surface area contributed by atoms with Crippen LogP contribution < -0.4 is 4.80 Å². The Morgan fingerprint density at radius 2 is 1.78 bits per heavy atom. The standard InChI is InChI=1S/C24H21BrN4O2S/c25-17-12-13-20-16(14-17)15-21(31-20)22(30)23-28-29(19-10-6-3-7-11-19)24(32-23)27-26-18-8-4-1-2-5-9-18/h3,6-7,10-15H,1-2,4-5,8-9H2/b27-24+. The van der Waals surface area contributed by atoms with Crippen LogP contribution in [0.2, 0.25) is 0 Å². The Morgan fingerprint density at radius 3 is 2.56 bits per heavy atom. The van der Waals surface area contributed by atoms with Crippen molar-refractivity contribution in [3.63, 3.8) is 0 Å². The van der Waals surface area contributed by atoms with E-state index in [0.29, 0.717) is 15.4 Å². The van der Waals surface area contributed by atoms with Crippen molar-refractivity contribution in [2.45, 2.75) is 38.5 Å². The lowest BCUT2D eigenvalue weighted by Crippen LogP contribution is -2.14. The van der Waals surface area contributed by atoms with Crippen LogP contribution in [0.1, 0.15) is 54.1 Å². The van der Waals surface area contributed by atoms with Crippen molar-refractivity contribution in [3.05, 3.63) is 74.6 Å². The van der Waals surface area contributed by atoms with E-state index in [2.05, 4.69) is 31.2 Å². The molecule has 1 fully saturated rings. The maximum absolute atomic E-state index is 13.2. The van der Waals surface area contributed by atoms with Crippen molar-refractivity contribution < 1.29 is 9.21 Å². The fourth-order valence-electron chi connectivity index (χ4n) is 3.76. The van der Waals surface area contributed by atoms with Crippen molar-refractivity contribution in [1.82, 2.24) is 9.78 Å². The number of fused-ring (bicyclic) bond motifs is 1. The van der Waals surface area contributed by atoms with Crippen LogP contribution in [0, 0.1) is 0 Å². The average Bonchev–Trinajstić information content (AvgIpc) is 3.34. The summed E-state index contributed by atoms with van der Waals surface area (Å²) in [6.07, 6.45) is 6.76. The summed E-state index contributed by atoms with van der Waals surface area (Å²) in [4.78, 5) is 13.8. The summed E-state index contributed by atoms with van der Waals surface area (Å²) < 4.78 is 8.40. The van der Waals surface area contributed by atoms with Gasteiger partial charge in [0.05, 0.1) is 5.69 Å². The van der Waals surface area contributed by atoms with Gasteiger partial charge in [-0.2, -0.15) is 10.2 Å². The highest BCUT2D eigenvalue weighted by molar-refractivity contribution is 9.10. The van der Waals surface area contributed by atoms with E-state index in [0.717, 1.165) is 46.9 Å². The zero-order valence-corrected chi connectivity index (χ0v) is 19.7. The average molecular weight is 509 g/mol. The number of hydrogen-bond acceptors (Lipinski definition) is 6. The fourth-order valence-corrected chi connectivity index (χ4v) is 4.94. The topological polar surface area (TPSA) is 72.8 Å². The quantitative estimate of drug-likeness (QED) is 0.185. The van der Waals surface area contributed by atoms with Gasteiger partial charge in [0.25, 0.3) is 5.78 Å². The second-order valence-corrected chi connectivity index (χ2v) is 9.61. The molecule has 0 amide bonds. The van der Waals surface area contributed by atoms with E-state index in [1.807, 2.05) is 48.5 Å². The lowest BCUT2D eigenvalue weighted by atomic mass is 10.2. The Kier molecular flexibility index (Phi) is 6.14. The summed E-state index contributed by atoms with van der Waals surface area (Å²) >= 11 is 4.68. The molecule has 2 heterocycles. The molecule has 162 valence electrons. The third kappa shape index (κ3) is 4.52. The van der Waals surface area contributed by atoms with Gasteiger partial charge in [0.15, 0.2) is 10.8 Å². The van der Waals surface area contributed by atoms with Crippen LogP contribution in [0.15, 0.2) is 73.7 Å². The summed E-state index contributed by atoms with van der Waals surface area (Å²) in [6.45, 7) is 0. The van der Waals surface area contributed by atoms with Crippen LogP contribution in [-0.4, -0.2) is 21.3 Å². The zero-order valence-electron chi connectivity index (χ0n) is 17.3. The Balaban J connectivity index is 1.56. The Morgan fingerprint density at radius 1 is 1.00 bits per heavy atom. The number of aromatic nitrogens is 2. The first kappa shape index (κ1) is 21.0. The molecule has 32 heavy (non-hydrogen) atoms. The van der Waals surface area contributed by atoms with Gasteiger partial charge in [0.2, 0.25) is 4.80 Å². The molecule has 0 atom stereocenters. The fraction of sp³-hybridized carbons (Fsp3) is 0.250. The molecule has 0 aliphatic heterocycles. The molecule has 1 aliphatic carbocycles. The van der Waals surface area contributed by atoms with Gasteiger partial charge < -0.3 is 4.42 Å². The second-order valence-electron chi connectivity index (χ2n) is 7.74. The van der Waals surface area contributed by atoms with E-state index in [1.165, 1.54) is 24.2 Å². The predicted octanol–water partition coefficient (Wildman–Crippen LogP) is 6.28. The maximum atomic E-state index is 13.2. The molecule has 0 saturated heterocycles. The minimum absolute atomic E-state index is 0.258. The number of ketones is 1. The Labute approximate surface area is 197 Å². The molecular formula is C24H21BrN4O2S. The van der Waals surface area contributed by atoms with E-state index >= 15 is 0 Å². The minimum atomic E-state index is -0.268. The smallest absolute Gasteiger partial charge is 0.258 e. The first-order chi connectivity index (χ1) is 15.7. The van der Waals surface area contributed by atoms with Crippen molar-refractivity contribution in [2.24, 2.45) is 10.2 Å². The van der Waals surface area contributed by atoms with Gasteiger partial charge in [0.1, 0.15) is 5.58 Å². The van der Waals surface area contributed by atoms with Crippen LogP contribution in [-0.2, 0) is 0 Å². The van der Waals surface area contributed by atoms with Crippen molar-refractivity contribution >= 4 is 49.7 Å². The van der Waals surface area contributed by atoms with Crippen LogP contribution >= 0.6 is 27.3 Å². The van der Waals surface area contributed by atoms with Gasteiger partial charge in [-0.15, -0.1) is 5.10 Å². The van der Waals surface area contributed by atoms with Crippen molar-refractivity contribution in [3.8, 4) is 5.69 Å². The molecule has 0 spiro atoms. The number of hydrogen-bond donors (Lipinski definition) is 0. The third-order valence-electron chi connectivity index (χ3n) is 5.41. The second kappa shape index (κ2) is 9.34. The van der Waals surface area contributed by atoms with Gasteiger partial charge in [-0.25, -0.2) is 4.68 Å². The largest absolute Gasteiger partial charge is 0.452 e. The molecular weight excluding hydrogens is 488 g/mol. The SMILES string of the molecule is O=C(c1cc2cc(Br)ccc2o1)c1nn(-c2ccccc2)/c(=N\N=C2CCCCCC2)s1. The van der Waals surface area contributed by atoms with Crippen LogP contribution in [0.25, 0.3) is 16.7 Å². The van der Waals surface area contributed by atoms with E-state index < -0.39 is 0 Å². The summed E-state index contributed by atoms with van der Waals surface area (Å²) in [7, 11) is 0. The molecule has 1 aliphatic rings. The molecule has 2 aromatic heterocycles. The minimum Gasteiger partial charge on any atom is -0.452 e. The summed E-state index contributed by atoms with van der Waals surface area (Å²) in [6, 6.07) is 17.1. The highest BCUT2D eigenvalue weighted by atomic mass is 79.9. The molecule has 0 N–H and O–H groups in total. The zero-order chi connectivity index (χ0) is 21.9. The first-order valence-electron chi connectivity index (χ1n) is 10.7. The number of carbonyl (C=O) groups excluding carboxylic acids is 1. The predicted molar refractivity (Wildman–Crippen MR) is 129 cm³/mol.